The van der Waals surface area contributed by atoms with Crippen LogP contribution in [0.5, 0.6) is 5.88 Å². The number of primary amides is 1. The zero-order chi connectivity index (χ0) is 17.0. The molecule has 2 rings (SSSR count). The number of halogens is 1. The third-order valence-corrected chi connectivity index (χ3v) is 2.91. The van der Waals surface area contributed by atoms with E-state index in [1.165, 1.54) is 6.20 Å². The van der Waals surface area contributed by atoms with Crippen LogP contribution in [0.2, 0.25) is 5.28 Å². The summed E-state index contributed by atoms with van der Waals surface area (Å²) in [6.45, 7) is 6.16. The number of carbonyl (C=O) groups is 1. The summed E-state index contributed by atoms with van der Waals surface area (Å²) >= 11 is 5.77. The van der Waals surface area contributed by atoms with Crippen LogP contribution in [-0.4, -0.2) is 26.5 Å². The highest BCUT2D eigenvalue weighted by Crippen LogP contribution is 2.22. The van der Waals surface area contributed by atoms with Gasteiger partial charge in [0, 0.05) is 24.5 Å². The Morgan fingerprint density at radius 3 is 2.78 bits per heavy atom. The zero-order valence-corrected chi connectivity index (χ0v) is 13.9. The van der Waals surface area contributed by atoms with E-state index in [4.69, 9.17) is 22.1 Å². The molecule has 0 unspecified atom stereocenters. The number of anilines is 1. The fraction of sp³-hybridized carbons (Fsp3) is 0.333. The highest BCUT2D eigenvalue weighted by molar-refractivity contribution is 6.28. The van der Waals surface area contributed by atoms with Gasteiger partial charge in [0.05, 0.1) is 5.56 Å². The van der Waals surface area contributed by atoms with E-state index in [1.807, 2.05) is 26.8 Å². The molecule has 0 atom stereocenters. The predicted molar refractivity (Wildman–Crippen MR) is 87.5 cm³/mol. The molecule has 2 heterocycles. The second-order valence-corrected chi connectivity index (χ2v) is 6.14. The Kier molecular flexibility index (Phi) is 5.00. The molecule has 0 fully saturated rings. The van der Waals surface area contributed by atoms with E-state index in [9.17, 15) is 4.79 Å². The van der Waals surface area contributed by atoms with Gasteiger partial charge in [0.1, 0.15) is 11.4 Å². The number of hydrogen-bond donors (Lipinski definition) is 2. The normalized spacial score (nSPS) is 11.1. The van der Waals surface area contributed by atoms with Crippen LogP contribution < -0.4 is 15.8 Å². The molecule has 2 aromatic heterocycles. The molecular weight excluding hydrogens is 318 g/mol. The minimum Gasteiger partial charge on any atom is -0.472 e. The predicted octanol–water partition coefficient (Wildman–Crippen LogP) is 2.41. The van der Waals surface area contributed by atoms with E-state index in [0.29, 0.717) is 12.4 Å². The molecule has 0 saturated heterocycles. The first-order valence-corrected chi connectivity index (χ1v) is 7.33. The van der Waals surface area contributed by atoms with Crippen molar-refractivity contribution in [2.45, 2.75) is 32.9 Å². The van der Waals surface area contributed by atoms with Crippen molar-refractivity contribution in [2.75, 3.05) is 5.32 Å². The zero-order valence-electron chi connectivity index (χ0n) is 13.1. The van der Waals surface area contributed by atoms with Gasteiger partial charge in [0.2, 0.25) is 11.2 Å². The second kappa shape index (κ2) is 6.78. The van der Waals surface area contributed by atoms with Gasteiger partial charge in [-0.1, -0.05) is 6.07 Å². The molecule has 3 N–H and O–H groups in total. The van der Waals surface area contributed by atoms with E-state index >= 15 is 0 Å². The summed E-state index contributed by atoms with van der Waals surface area (Å²) in [5.74, 6) is 0.137. The average Bonchev–Trinajstić information content (AvgIpc) is 2.44. The van der Waals surface area contributed by atoms with E-state index in [1.54, 1.807) is 12.3 Å². The number of hydrogen-bond acceptors (Lipinski definition) is 6. The Morgan fingerprint density at radius 2 is 2.13 bits per heavy atom. The van der Waals surface area contributed by atoms with Gasteiger partial charge in [-0.05, 0) is 38.4 Å². The molecule has 1 amide bonds. The van der Waals surface area contributed by atoms with Crippen LogP contribution >= 0.6 is 11.6 Å². The van der Waals surface area contributed by atoms with Crippen LogP contribution in [0.4, 0.5) is 5.82 Å². The smallest absolute Gasteiger partial charge is 0.254 e. The number of nitrogens with two attached hydrogens (primary N) is 1. The Bertz CT molecular complexity index is 715. The summed E-state index contributed by atoms with van der Waals surface area (Å²) in [6, 6.07) is 3.67. The topological polar surface area (TPSA) is 103 Å². The Labute approximate surface area is 139 Å². The third kappa shape index (κ3) is 4.79. The Hall–Kier alpha value is -2.41. The first-order valence-electron chi connectivity index (χ1n) is 6.95. The van der Waals surface area contributed by atoms with Crippen LogP contribution in [0, 0.1) is 0 Å². The van der Waals surface area contributed by atoms with Crippen molar-refractivity contribution in [1.29, 1.82) is 0 Å². The van der Waals surface area contributed by atoms with Crippen molar-refractivity contribution in [3.63, 3.8) is 0 Å². The lowest BCUT2D eigenvalue weighted by Crippen LogP contribution is -2.24. The largest absolute Gasteiger partial charge is 0.472 e. The number of ether oxygens (including phenoxy) is 1. The summed E-state index contributed by atoms with van der Waals surface area (Å²) < 4.78 is 5.82. The third-order valence-electron chi connectivity index (χ3n) is 2.72. The van der Waals surface area contributed by atoms with E-state index in [2.05, 4.69) is 20.3 Å². The second-order valence-electron chi connectivity index (χ2n) is 5.80. The lowest BCUT2D eigenvalue weighted by atomic mass is 10.2. The van der Waals surface area contributed by atoms with Crippen molar-refractivity contribution < 1.29 is 9.53 Å². The SMILES string of the molecule is CC(C)(C)Oc1ncccc1CNc1nc(Cl)ncc1C(N)=O. The molecule has 0 radical (unpaired) electrons. The molecule has 7 nitrogen and oxygen atoms in total. The molecule has 0 aliphatic heterocycles. The Balaban J connectivity index is 2.22. The minimum atomic E-state index is -0.637. The first kappa shape index (κ1) is 17.0. The lowest BCUT2D eigenvalue weighted by Gasteiger charge is -2.22. The van der Waals surface area contributed by atoms with Crippen molar-refractivity contribution in [3.05, 3.63) is 40.9 Å². The fourth-order valence-corrected chi connectivity index (χ4v) is 1.93. The van der Waals surface area contributed by atoms with Crippen LogP contribution in [0.3, 0.4) is 0 Å². The molecule has 23 heavy (non-hydrogen) atoms. The Morgan fingerprint density at radius 1 is 1.39 bits per heavy atom. The molecule has 8 heteroatoms. The molecule has 0 spiro atoms. The maximum absolute atomic E-state index is 11.4. The molecule has 122 valence electrons. The highest BCUT2D eigenvalue weighted by Gasteiger charge is 2.16. The van der Waals surface area contributed by atoms with Crippen LogP contribution in [0.1, 0.15) is 36.7 Å². The quantitative estimate of drug-likeness (QED) is 0.813. The van der Waals surface area contributed by atoms with E-state index in [-0.39, 0.29) is 22.3 Å². The lowest BCUT2D eigenvalue weighted by molar-refractivity contribution is 0.100. The summed E-state index contributed by atoms with van der Waals surface area (Å²) in [5.41, 5.74) is 5.91. The summed E-state index contributed by atoms with van der Waals surface area (Å²) in [4.78, 5) is 23.4. The number of rotatable bonds is 5. The molecule has 0 aliphatic carbocycles. The molecule has 0 saturated carbocycles. The van der Waals surface area contributed by atoms with E-state index in [0.717, 1.165) is 5.56 Å². The fourth-order valence-electron chi connectivity index (χ4n) is 1.79. The van der Waals surface area contributed by atoms with E-state index < -0.39 is 5.91 Å². The molecule has 2 aromatic rings. The number of carbonyl (C=O) groups excluding carboxylic acids is 1. The van der Waals surface area contributed by atoms with Gasteiger partial charge in [-0.25, -0.2) is 9.97 Å². The van der Waals surface area contributed by atoms with Gasteiger partial charge < -0.3 is 15.8 Å². The molecular formula is C15H18ClN5O2. The average molecular weight is 336 g/mol. The molecule has 0 aliphatic rings. The maximum Gasteiger partial charge on any atom is 0.254 e. The summed E-state index contributed by atoms with van der Waals surface area (Å²) in [5, 5.41) is 3.04. The van der Waals surface area contributed by atoms with Gasteiger partial charge in [-0.2, -0.15) is 4.98 Å². The minimum absolute atomic E-state index is 0.0230. The van der Waals surface area contributed by atoms with Gasteiger partial charge >= 0.3 is 0 Å². The standard InChI is InChI=1S/C15H18ClN5O2/c1-15(2,3)23-13-9(5-4-6-18-13)7-19-12-10(11(17)22)8-20-14(16)21-12/h4-6,8H,7H2,1-3H3,(H2,17,22)(H,19,20,21). The number of aromatic nitrogens is 3. The van der Waals surface area contributed by atoms with Crippen molar-refractivity contribution in [1.82, 2.24) is 15.0 Å². The number of pyridine rings is 1. The van der Waals surface area contributed by atoms with Gasteiger partial charge in [0.25, 0.3) is 5.91 Å². The van der Waals surface area contributed by atoms with Crippen LogP contribution in [-0.2, 0) is 6.54 Å². The van der Waals surface area contributed by atoms with Crippen LogP contribution in [0.15, 0.2) is 24.5 Å². The van der Waals surface area contributed by atoms with Crippen molar-refractivity contribution in [2.24, 2.45) is 5.73 Å². The van der Waals surface area contributed by atoms with Crippen molar-refractivity contribution in [3.8, 4) is 5.88 Å². The van der Waals surface area contributed by atoms with Crippen LogP contribution in [0.25, 0.3) is 0 Å². The number of nitrogens with one attached hydrogen (secondary N) is 1. The van der Waals surface area contributed by atoms with Crippen molar-refractivity contribution >= 4 is 23.3 Å². The molecule has 0 bridgehead atoms. The number of nitrogens with zero attached hydrogens (tertiary/aromatic N) is 3. The first-order chi connectivity index (χ1) is 10.8. The van der Waals surface area contributed by atoms with Gasteiger partial charge in [0.15, 0.2) is 0 Å². The highest BCUT2D eigenvalue weighted by atomic mass is 35.5. The monoisotopic (exact) mass is 335 g/mol. The summed E-state index contributed by atoms with van der Waals surface area (Å²) in [7, 11) is 0. The maximum atomic E-state index is 11.4. The summed E-state index contributed by atoms with van der Waals surface area (Å²) in [6.07, 6.45) is 2.94. The molecule has 0 aromatic carbocycles. The van der Waals surface area contributed by atoms with Gasteiger partial charge in [-0.15, -0.1) is 0 Å². The van der Waals surface area contributed by atoms with Gasteiger partial charge in [-0.3, -0.25) is 4.79 Å². The number of amides is 1.